The molecule has 0 radical (unpaired) electrons. The predicted molar refractivity (Wildman–Crippen MR) is 71.2 cm³/mol. The highest BCUT2D eigenvalue weighted by molar-refractivity contribution is 5.74. The lowest BCUT2D eigenvalue weighted by atomic mass is 9.91. The number of nitrogens with zero attached hydrogens (tertiary/aromatic N) is 1. The summed E-state index contributed by atoms with van der Waals surface area (Å²) in [5.41, 5.74) is 2.30. The van der Waals surface area contributed by atoms with Gasteiger partial charge >= 0.3 is 0 Å². The third kappa shape index (κ3) is 2.36. The molecule has 1 aromatic heterocycles. The lowest BCUT2D eigenvalue weighted by molar-refractivity contribution is 0.445. The van der Waals surface area contributed by atoms with E-state index in [-0.39, 0.29) is 0 Å². The summed E-state index contributed by atoms with van der Waals surface area (Å²) in [6.07, 6.45) is 9.56. The number of hydrogen-bond donors (Lipinski definition) is 1. The van der Waals surface area contributed by atoms with Crippen molar-refractivity contribution in [2.75, 3.05) is 0 Å². The van der Waals surface area contributed by atoms with Crippen LogP contribution in [0.4, 0.5) is 0 Å². The maximum absolute atomic E-state index is 4.75. The second kappa shape index (κ2) is 4.91. The van der Waals surface area contributed by atoms with E-state index < -0.39 is 0 Å². The van der Waals surface area contributed by atoms with Crippen molar-refractivity contribution < 1.29 is 0 Å². The SMILES string of the molecule is c1ccc2[nH]c(C3CCCCCCC3)nc2c1. The van der Waals surface area contributed by atoms with E-state index in [2.05, 4.69) is 29.2 Å². The zero-order valence-electron chi connectivity index (χ0n) is 10.3. The molecule has 2 aromatic rings. The second-order valence-electron chi connectivity index (χ2n) is 5.18. The molecule has 0 unspecified atom stereocenters. The molecule has 2 nitrogen and oxygen atoms in total. The molecule has 3 rings (SSSR count). The zero-order chi connectivity index (χ0) is 11.5. The Kier molecular flexibility index (Phi) is 3.12. The van der Waals surface area contributed by atoms with E-state index in [9.17, 15) is 0 Å². The summed E-state index contributed by atoms with van der Waals surface area (Å²) in [4.78, 5) is 8.26. The van der Waals surface area contributed by atoms with E-state index >= 15 is 0 Å². The van der Waals surface area contributed by atoms with Gasteiger partial charge in [0.05, 0.1) is 11.0 Å². The molecular formula is C15H20N2. The number of para-hydroxylation sites is 2. The molecule has 1 heterocycles. The van der Waals surface area contributed by atoms with Crippen molar-refractivity contribution in [2.45, 2.75) is 50.9 Å². The molecule has 0 atom stereocenters. The van der Waals surface area contributed by atoms with Crippen molar-refractivity contribution in [1.82, 2.24) is 9.97 Å². The standard InChI is InChI=1S/C15H20N2/c1-2-4-8-12(9-5-3-1)15-16-13-10-6-7-11-14(13)17-15/h6-7,10-12H,1-5,8-9H2,(H,16,17). The summed E-state index contributed by atoms with van der Waals surface area (Å²) in [7, 11) is 0. The number of hydrogen-bond acceptors (Lipinski definition) is 1. The molecule has 0 saturated heterocycles. The summed E-state index contributed by atoms with van der Waals surface area (Å²) in [6.45, 7) is 0. The van der Waals surface area contributed by atoms with Gasteiger partial charge in [-0.25, -0.2) is 4.98 Å². The third-order valence-corrected chi connectivity index (χ3v) is 3.90. The van der Waals surface area contributed by atoms with Crippen LogP contribution in [-0.4, -0.2) is 9.97 Å². The molecule has 1 aliphatic carbocycles. The molecule has 0 bridgehead atoms. The minimum Gasteiger partial charge on any atom is -0.342 e. The predicted octanol–water partition coefficient (Wildman–Crippen LogP) is 4.39. The van der Waals surface area contributed by atoms with Crippen molar-refractivity contribution >= 4 is 11.0 Å². The number of H-pyrrole nitrogens is 1. The maximum Gasteiger partial charge on any atom is 0.110 e. The van der Waals surface area contributed by atoms with Crippen LogP contribution in [-0.2, 0) is 0 Å². The Labute approximate surface area is 102 Å². The quantitative estimate of drug-likeness (QED) is 0.770. The minimum atomic E-state index is 0.655. The van der Waals surface area contributed by atoms with Gasteiger partial charge in [-0.3, -0.25) is 0 Å². The Morgan fingerprint density at radius 2 is 1.65 bits per heavy atom. The lowest BCUT2D eigenvalue weighted by Gasteiger charge is -2.17. The summed E-state index contributed by atoms with van der Waals surface area (Å²) in [6, 6.07) is 8.35. The summed E-state index contributed by atoms with van der Waals surface area (Å²) < 4.78 is 0. The van der Waals surface area contributed by atoms with Gasteiger partial charge < -0.3 is 4.98 Å². The number of aromatic nitrogens is 2. The summed E-state index contributed by atoms with van der Waals surface area (Å²) >= 11 is 0. The Hall–Kier alpha value is -1.31. The summed E-state index contributed by atoms with van der Waals surface area (Å²) in [5.74, 6) is 1.87. The van der Waals surface area contributed by atoms with Crippen molar-refractivity contribution in [3.05, 3.63) is 30.1 Å². The van der Waals surface area contributed by atoms with E-state index in [0.29, 0.717) is 5.92 Å². The van der Waals surface area contributed by atoms with Gasteiger partial charge in [-0.1, -0.05) is 44.2 Å². The van der Waals surface area contributed by atoms with Crippen LogP contribution in [0, 0.1) is 0 Å². The first-order valence-electron chi connectivity index (χ1n) is 6.88. The van der Waals surface area contributed by atoms with Gasteiger partial charge in [0.15, 0.2) is 0 Å². The van der Waals surface area contributed by atoms with Gasteiger partial charge in [0.25, 0.3) is 0 Å². The van der Waals surface area contributed by atoms with Crippen LogP contribution in [0.5, 0.6) is 0 Å². The molecule has 0 amide bonds. The second-order valence-corrected chi connectivity index (χ2v) is 5.18. The van der Waals surface area contributed by atoms with Crippen LogP contribution in [0.15, 0.2) is 24.3 Å². The Morgan fingerprint density at radius 3 is 2.41 bits per heavy atom. The van der Waals surface area contributed by atoms with E-state index in [4.69, 9.17) is 4.98 Å². The first kappa shape index (κ1) is 10.8. The van der Waals surface area contributed by atoms with Crippen LogP contribution in [0.25, 0.3) is 11.0 Å². The number of aromatic amines is 1. The molecular weight excluding hydrogens is 208 g/mol. The van der Waals surface area contributed by atoms with Crippen LogP contribution < -0.4 is 0 Å². The zero-order valence-corrected chi connectivity index (χ0v) is 10.3. The van der Waals surface area contributed by atoms with Crippen LogP contribution in [0.1, 0.15) is 56.7 Å². The molecule has 0 aliphatic heterocycles. The lowest BCUT2D eigenvalue weighted by Crippen LogP contribution is -2.04. The molecule has 1 fully saturated rings. The molecule has 1 saturated carbocycles. The van der Waals surface area contributed by atoms with Crippen LogP contribution in [0.2, 0.25) is 0 Å². The first-order chi connectivity index (χ1) is 8.43. The molecule has 1 aliphatic rings. The van der Waals surface area contributed by atoms with Crippen molar-refractivity contribution in [2.24, 2.45) is 0 Å². The monoisotopic (exact) mass is 228 g/mol. The normalized spacial score (nSPS) is 19.1. The van der Waals surface area contributed by atoms with E-state index in [0.717, 1.165) is 5.52 Å². The molecule has 1 N–H and O–H groups in total. The van der Waals surface area contributed by atoms with Gasteiger partial charge in [0, 0.05) is 5.92 Å². The highest BCUT2D eigenvalue weighted by Crippen LogP contribution is 2.30. The van der Waals surface area contributed by atoms with Gasteiger partial charge in [0.1, 0.15) is 5.82 Å². The molecule has 17 heavy (non-hydrogen) atoms. The van der Waals surface area contributed by atoms with Crippen molar-refractivity contribution in [3.8, 4) is 0 Å². The average Bonchev–Trinajstić information content (AvgIpc) is 2.71. The largest absolute Gasteiger partial charge is 0.342 e. The molecule has 1 aromatic carbocycles. The number of benzene rings is 1. The highest BCUT2D eigenvalue weighted by atomic mass is 14.9. The fourth-order valence-corrected chi connectivity index (χ4v) is 2.90. The highest BCUT2D eigenvalue weighted by Gasteiger charge is 2.16. The Morgan fingerprint density at radius 1 is 0.941 bits per heavy atom. The van der Waals surface area contributed by atoms with Gasteiger partial charge in [-0.2, -0.15) is 0 Å². The number of fused-ring (bicyclic) bond motifs is 1. The van der Waals surface area contributed by atoms with Gasteiger partial charge in [0.2, 0.25) is 0 Å². The number of imidazole rings is 1. The fraction of sp³-hybridized carbons (Fsp3) is 0.533. The third-order valence-electron chi connectivity index (χ3n) is 3.90. The Bertz CT molecular complexity index is 445. The fourth-order valence-electron chi connectivity index (χ4n) is 2.90. The molecule has 90 valence electrons. The van der Waals surface area contributed by atoms with E-state index in [1.165, 1.54) is 56.3 Å². The van der Waals surface area contributed by atoms with E-state index in [1.807, 2.05) is 0 Å². The molecule has 0 spiro atoms. The van der Waals surface area contributed by atoms with E-state index in [1.54, 1.807) is 0 Å². The minimum absolute atomic E-state index is 0.655. The van der Waals surface area contributed by atoms with Crippen LogP contribution >= 0.6 is 0 Å². The molecule has 2 heteroatoms. The number of rotatable bonds is 1. The number of nitrogens with one attached hydrogen (secondary N) is 1. The topological polar surface area (TPSA) is 28.7 Å². The van der Waals surface area contributed by atoms with Crippen molar-refractivity contribution in [1.29, 1.82) is 0 Å². The van der Waals surface area contributed by atoms with Crippen LogP contribution in [0.3, 0.4) is 0 Å². The van der Waals surface area contributed by atoms with Crippen molar-refractivity contribution in [3.63, 3.8) is 0 Å². The average molecular weight is 228 g/mol. The van der Waals surface area contributed by atoms with Gasteiger partial charge in [-0.15, -0.1) is 0 Å². The maximum atomic E-state index is 4.75. The first-order valence-corrected chi connectivity index (χ1v) is 6.88. The Balaban J connectivity index is 1.85. The van der Waals surface area contributed by atoms with Gasteiger partial charge in [-0.05, 0) is 25.0 Å². The summed E-state index contributed by atoms with van der Waals surface area (Å²) in [5, 5.41) is 0. The smallest absolute Gasteiger partial charge is 0.110 e.